The van der Waals surface area contributed by atoms with E-state index in [-0.39, 0.29) is 5.82 Å². The maximum Gasteiger partial charge on any atom is 0.123 e. The minimum Gasteiger partial charge on any atom is -0.207 e. The molecule has 0 radical (unpaired) electrons. The zero-order chi connectivity index (χ0) is 12.3. The van der Waals surface area contributed by atoms with Gasteiger partial charge < -0.3 is 0 Å². The molecule has 1 fully saturated rings. The summed E-state index contributed by atoms with van der Waals surface area (Å²) in [5, 5.41) is 0. The number of hydrogen-bond acceptors (Lipinski definition) is 0. The summed E-state index contributed by atoms with van der Waals surface area (Å²) in [5.74, 6) is 1.41. The second-order valence-electron chi connectivity index (χ2n) is 5.20. The smallest absolute Gasteiger partial charge is 0.123 e. The number of rotatable bonds is 3. The maximum atomic E-state index is 13.1. The van der Waals surface area contributed by atoms with Gasteiger partial charge in [-0.1, -0.05) is 41.4 Å². The Kier molecular flexibility index (Phi) is 4.61. The second kappa shape index (κ2) is 5.99. The van der Waals surface area contributed by atoms with E-state index < -0.39 is 0 Å². The third kappa shape index (κ3) is 3.54. The van der Waals surface area contributed by atoms with Gasteiger partial charge in [-0.25, -0.2) is 4.39 Å². The summed E-state index contributed by atoms with van der Waals surface area (Å²) in [5.41, 5.74) is 1.14. The van der Waals surface area contributed by atoms with Gasteiger partial charge in [0.25, 0.3) is 0 Å². The van der Waals surface area contributed by atoms with E-state index in [1.54, 1.807) is 6.07 Å². The predicted octanol–water partition coefficient (Wildman–Crippen LogP) is 4.96. The molecule has 3 unspecified atom stereocenters. The Labute approximate surface area is 112 Å². The van der Waals surface area contributed by atoms with Crippen LogP contribution in [0, 0.1) is 17.7 Å². The Balaban J connectivity index is 2.01. The van der Waals surface area contributed by atoms with Crippen molar-refractivity contribution >= 4 is 15.9 Å². The van der Waals surface area contributed by atoms with Crippen LogP contribution < -0.4 is 0 Å². The van der Waals surface area contributed by atoms with Crippen molar-refractivity contribution in [2.24, 2.45) is 11.8 Å². The van der Waals surface area contributed by atoms with Crippen LogP contribution >= 0.6 is 15.9 Å². The highest BCUT2D eigenvalue weighted by Crippen LogP contribution is 2.37. The van der Waals surface area contributed by atoms with Gasteiger partial charge in [-0.05, 0) is 55.2 Å². The fraction of sp³-hybridized carbons (Fsp3) is 0.600. The van der Waals surface area contributed by atoms with Crippen molar-refractivity contribution < 1.29 is 4.39 Å². The predicted molar refractivity (Wildman–Crippen MR) is 73.9 cm³/mol. The molecule has 1 saturated carbocycles. The van der Waals surface area contributed by atoms with E-state index >= 15 is 0 Å². The molecule has 0 N–H and O–H groups in total. The molecule has 0 heterocycles. The standard InChI is InChI=1S/C15H20BrF/c1-2-11-6-7-15(16)13(8-11)9-12-4-3-5-14(17)10-12/h3-5,10-11,13,15H,2,6-9H2,1H3. The SMILES string of the molecule is CCC1CCC(Br)C(Cc2cccc(F)c2)C1. The van der Waals surface area contributed by atoms with Crippen molar-refractivity contribution in [1.29, 1.82) is 0 Å². The van der Waals surface area contributed by atoms with Crippen molar-refractivity contribution in [1.82, 2.24) is 0 Å². The van der Waals surface area contributed by atoms with Crippen LogP contribution in [0.4, 0.5) is 4.39 Å². The normalized spacial score (nSPS) is 29.2. The van der Waals surface area contributed by atoms with E-state index in [9.17, 15) is 4.39 Å². The van der Waals surface area contributed by atoms with E-state index in [0.717, 1.165) is 17.9 Å². The molecule has 1 aromatic carbocycles. The van der Waals surface area contributed by atoms with Crippen LogP contribution in [-0.4, -0.2) is 4.83 Å². The Morgan fingerprint density at radius 3 is 2.88 bits per heavy atom. The van der Waals surface area contributed by atoms with Gasteiger partial charge in [0.15, 0.2) is 0 Å². The third-order valence-corrected chi connectivity index (χ3v) is 5.17. The average molecular weight is 299 g/mol. The summed E-state index contributed by atoms with van der Waals surface area (Å²) in [6.07, 6.45) is 6.16. The van der Waals surface area contributed by atoms with E-state index in [4.69, 9.17) is 0 Å². The lowest BCUT2D eigenvalue weighted by Crippen LogP contribution is -2.26. The van der Waals surface area contributed by atoms with E-state index in [2.05, 4.69) is 22.9 Å². The van der Waals surface area contributed by atoms with Gasteiger partial charge in [-0.3, -0.25) is 0 Å². The van der Waals surface area contributed by atoms with Gasteiger partial charge in [0.2, 0.25) is 0 Å². The van der Waals surface area contributed by atoms with Gasteiger partial charge in [0.1, 0.15) is 5.82 Å². The first-order chi connectivity index (χ1) is 8.19. The molecule has 0 nitrogen and oxygen atoms in total. The molecule has 0 aromatic heterocycles. The van der Waals surface area contributed by atoms with E-state index in [1.165, 1.54) is 31.7 Å². The molecule has 0 aliphatic heterocycles. The zero-order valence-corrected chi connectivity index (χ0v) is 11.9. The van der Waals surface area contributed by atoms with Crippen molar-refractivity contribution in [3.05, 3.63) is 35.6 Å². The number of alkyl halides is 1. The van der Waals surface area contributed by atoms with Crippen LogP contribution in [-0.2, 0) is 6.42 Å². The lowest BCUT2D eigenvalue weighted by atomic mass is 9.77. The molecule has 2 heteroatoms. The molecular weight excluding hydrogens is 279 g/mol. The first kappa shape index (κ1) is 13.1. The highest BCUT2D eigenvalue weighted by Gasteiger charge is 2.27. The Bertz CT molecular complexity index is 364. The van der Waals surface area contributed by atoms with Gasteiger partial charge in [-0.15, -0.1) is 0 Å². The molecule has 1 aliphatic carbocycles. The highest BCUT2D eigenvalue weighted by molar-refractivity contribution is 9.09. The zero-order valence-electron chi connectivity index (χ0n) is 10.3. The molecule has 0 saturated heterocycles. The Hall–Kier alpha value is -0.370. The lowest BCUT2D eigenvalue weighted by molar-refractivity contribution is 0.271. The molecule has 0 amide bonds. The van der Waals surface area contributed by atoms with E-state index in [0.29, 0.717) is 10.7 Å². The topological polar surface area (TPSA) is 0 Å². The largest absolute Gasteiger partial charge is 0.207 e. The minimum atomic E-state index is -0.114. The van der Waals surface area contributed by atoms with Crippen molar-refractivity contribution in [2.75, 3.05) is 0 Å². The summed E-state index contributed by atoms with van der Waals surface area (Å²) >= 11 is 3.79. The number of hydrogen-bond donors (Lipinski definition) is 0. The Morgan fingerprint density at radius 1 is 1.35 bits per heavy atom. The summed E-state index contributed by atoms with van der Waals surface area (Å²) in [6.45, 7) is 2.28. The van der Waals surface area contributed by atoms with Gasteiger partial charge in [0, 0.05) is 4.83 Å². The Morgan fingerprint density at radius 2 is 2.18 bits per heavy atom. The third-order valence-electron chi connectivity index (χ3n) is 3.96. The number of halogens is 2. The molecule has 0 bridgehead atoms. The summed E-state index contributed by atoms with van der Waals surface area (Å²) < 4.78 is 13.1. The van der Waals surface area contributed by atoms with E-state index in [1.807, 2.05) is 12.1 Å². The van der Waals surface area contributed by atoms with Crippen molar-refractivity contribution in [3.63, 3.8) is 0 Å². The van der Waals surface area contributed by atoms with Crippen LogP contribution in [0.3, 0.4) is 0 Å². The van der Waals surface area contributed by atoms with Crippen LogP contribution in [0.25, 0.3) is 0 Å². The molecule has 1 aliphatic rings. The fourth-order valence-electron chi connectivity index (χ4n) is 2.87. The van der Waals surface area contributed by atoms with Crippen molar-refractivity contribution in [2.45, 2.75) is 43.9 Å². The average Bonchev–Trinajstić information content (AvgIpc) is 2.32. The fourth-order valence-corrected chi connectivity index (χ4v) is 3.54. The summed E-state index contributed by atoms with van der Waals surface area (Å²) in [7, 11) is 0. The van der Waals surface area contributed by atoms with Gasteiger partial charge >= 0.3 is 0 Å². The van der Waals surface area contributed by atoms with Crippen LogP contribution in [0.15, 0.2) is 24.3 Å². The molecule has 17 heavy (non-hydrogen) atoms. The van der Waals surface area contributed by atoms with Crippen LogP contribution in [0.1, 0.15) is 38.2 Å². The molecule has 0 spiro atoms. The van der Waals surface area contributed by atoms with Gasteiger partial charge in [0.05, 0.1) is 0 Å². The van der Waals surface area contributed by atoms with Crippen LogP contribution in [0.5, 0.6) is 0 Å². The van der Waals surface area contributed by atoms with Crippen LogP contribution in [0.2, 0.25) is 0 Å². The summed E-state index contributed by atoms with van der Waals surface area (Å²) in [4.78, 5) is 0.605. The quantitative estimate of drug-likeness (QED) is 0.692. The second-order valence-corrected chi connectivity index (χ2v) is 6.37. The molecular formula is C15H20BrF. The number of benzene rings is 1. The molecule has 94 valence electrons. The highest BCUT2D eigenvalue weighted by atomic mass is 79.9. The first-order valence-electron chi connectivity index (χ1n) is 6.57. The first-order valence-corrected chi connectivity index (χ1v) is 7.49. The minimum absolute atomic E-state index is 0.114. The van der Waals surface area contributed by atoms with Crippen molar-refractivity contribution in [3.8, 4) is 0 Å². The molecule has 3 atom stereocenters. The molecule has 1 aromatic rings. The van der Waals surface area contributed by atoms with Gasteiger partial charge in [-0.2, -0.15) is 0 Å². The molecule has 2 rings (SSSR count). The maximum absolute atomic E-state index is 13.1. The monoisotopic (exact) mass is 298 g/mol. The lowest BCUT2D eigenvalue weighted by Gasteiger charge is -2.33. The summed E-state index contributed by atoms with van der Waals surface area (Å²) in [6, 6.07) is 7.05.